The van der Waals surface area contributed by atoms with E-state index in [0.717, 1.165) is 10.0 Å². The Morgan fingerprint density at radius 1 is 1.00 bits per heavy atom. The van der Waals surface area contributed by atoms with Crippen LogP contribution < -0.4 is 5.32 Å². The van der Waals surface area contributed by atoms with Gasteiger partial charge in [0.15, 0.2) is 0 Å². The number of amides is 1. The molecule has 0 aliphatic carbocycles. The molecule has 0 aliphatic heterocycles. The highest BCUT2D eigenvalue weighted by molar-refractivity contribution is 9.10. The summed E-state index contributed by atoms with van der Waals surface area (Å²) in [7, 11) is 0. The van der Waals surface area contributed by atoms with Gasteiger partial charge in [0.05, 0.1) is 11.6 Å². The minimum absolute atomic E-state index is 0.0100. The van der Waals surface area contributed by atoms with Crippen LogP contribution in [0.5, 0.6) is 0 Å². The molecular weight excluding hydrogens is 314 g/mol. The van der Waals surface area contributed by atoms with Crippen LogP contribution in [0.2, 0.25) is 0 Å². The summed E-state index contributed by atoms with van der Waals surface area (Å²) in [6, 6.07) is 17.5. The molecule has 1 unspecified atom stereocenters. The van der Waals surface area contributed by atoms with Gasteiger partial charge in [0.1, 0.15) is 0 Å². The van der Waals surface area contributed by atoms with E-state index in [1.54, 1.807) is 0 Å². The van der Waals surface area contributed by atoms with E-state index >= 15 is 0 Å². The lowest BCUT2D eigenvalue weighted by Crippen LogP contribution is -2.31. The Morgan fingerprint density at radius 2 is 1.60 bits per heavy atom. The third-order valence-electron chi connectivity index (χ3n) is 3.23. The van der Waals surface area contributed by atoms with Crippen molar-refractivity contribution in [2.45, 2.75) is 19.9 Å². The average Bonchev–Trinajstić information content (AvgIpc) is 2.45. The fourth-order valence-corrected chi connectivity index (χ4v) is 2.62. The maximum absolute atomic E-state index is 12.4. The Balaban J connectivity index is 2.22. The first kappa shape index (κ1) is 14.8. The zero-order chi connectivity index (χ0) is 14.5. The van der Waals surface area contributed by atoms with Crippen molar-refractivity contribution in [1.82, 2.24) is 5.32 Å². The summed E-state index contributed by atoms with van der Waals surface area (Å²) in [4.78, 5) is 12.4. The van der Waals surface area contributed by atoms with Crippen LogP contribution in [0.4, 0.5) is 0 Å². The highest BCUT2D eigenvalue weighted by Crippen LogP contribution is 2.23. The summed E-state index contributed by atoms with van der Waals surface area (Å²) in [6.07, 6.45) is 0. The fourth-order valence-electron chi connectivity index (χ4n) is 2.16. The molecule has 3 heteroatoms. The first-order valence-corrected chi connectivity index (χ1v) is 7.49. The van der Waals surface area contributed by atoms with Crippen LogP contribution in [-0.4, -0.2) is 5.91 Å². The van der Waals surface area contributed by atoms with Crippen molar-refractivity contribution in [3.8, 4) is 0 Å². The summed E-state index contributed by atoms with van der Waals surface area (Å²) in [5.74, 6) is 0.267. The predicted molar refractivity (Wildman–Crippen MR) is 85.6 cm³/mol. The van der Waals surface area contributed by atoms with E-state index in [1.165, 1.54) is 0 Å². The molecule has 0 bridgehead atoms. The van der Waals surface area contributed by atoms with Crippen LogP contribution in [0.1, 0.15) is 35.8 Å². The molecule has 0 fully saturated rings. The molecule has 1 atom stereocenters. The minimum atomic E-state index is -0.0555. The Bertz CT molecular complexity index is 581. The van der Waals surface area contributed by atoms with Crippen molar-refractivity contribution in [2.24, 2.45) is 5.92 Å². The molecule has 0 radical (unpaired) electrons. The molecule has 0 saturated carbocycles. The largest absolute Gasteiger partial charge is 0.345 e. The van der Waals surface area contributed by atoms with Crippen molar-refractivity contribution < 1.29 is 4.79 Å². The van der Waals surface area contributed by atoms with Gasteiger partial charge in [-0.05, 0) is 39.5 Å². The molecule has 1 N–H and O–H groups in total. The number of benzene rings is 2. The zero-order valence-corrected chi connectivity index (χ0v) is 13.2. The van der Waals surface area contributed by atoms with E-state index in [1.807, 2.05) is 54.6 Å². The molecule has 0 heterocycles. The Hall–Kier alpha value is -1.61. The summed E-state index contributed by atoms with van der Waals surface area (Å²) in [5, 5.41) is 3.12. The van der Waals surface area contributed by atoms with Crippen LogP contribution in [-0.2, 0) is 0 Å². The molecule has 2 aromatic carbocycles. The SMILES string of the molecule is CC(C)C(NC(=O)c1ccccc1Br)c1ccccc1. The highest BCUT2D eigenvalue weighted by Gasteiger charge is 2.19. The molecule has 2 rings (SSSR count). The van der Waals surface area contributed by atoms with Crippen molar-refractivity contribution in [2.75, 3.05) is 0 Å². The second-order valence-electron chi connectivity index (χ2n) is 5.09. The minimum Gasteiger partial charge on any atom is -0.345 e. The van der Waals surface area contributed by atoms with Gasteiger partial charge in [0.2, 0.25) is 0 Å². The summed E-state index contributed by atoms with van der Waals surface area (Å²) in [6.45, 7) is 4.22. The van der Waals surface area contributed by atoms with Gasteiger partial charge in [-0.15, -0.1) is 0 Å². The third-order valence-corrected chi connectivity index (χ3v) is 3.92. The standard InChI is InChI=1S/C17H18BrNO/c1-12(2)16(13-8-4-3-5-9-13)19-17(20)14-10-6-7-11-15(14)18/h3-12,16H,1-2H3,(H,19,20). The van der Waals surface area contributed by atoms with Gasteiger partial charge < -0.3 is 5.32 Å². The lowest BCUT2D eigenvalue weighted by atomic mass is 9.95. The number of carbonyl (C=O) groups is 1. The van der Waals surface area contributed by atoms with Gasteiger partial charge in [-0.25, -0.2) is 0 Å². The molecule has 0 aromatic heterocycles. The second-order valence-corrected chi connectivity index (χ2v) is 5.94. The van der Waals surface area contributed by atoms with Crippen molar-refractivity contribution in [3.63, 3.8) is 0 Å². The Kier molecular flexibility index (Phi) is 4.96. The van der Waals surface area contributed by atoms with Crippen molar-refractivity contribution in [3.05, 3.63) is 70.2 Å². The third kappa shape index (κ3) is 3.48. The molecule has 1 amide bonds. The number of nitrogens with one attached hydrogen (secondary N) is 1. The zero-order valence-electron chi connectivity index (χ0n) is 11.6. The average molecular weight is 332 g/mol. The van der Waals surface area contributed by atoms with Gasteiger partial charge in [0, 0.05) is 4.47 Å². The second kappa shape index (κ2) is 6.71. The number of rotatable bonds is 4. The molecule has 104 valence electrons. The first-order valence-electron chi connectivity index (χ1n) is 6.70. The van der Waals surface area contributed by atoms with E-state index in [0.29, 0.717) is 11.5 Å². The van der Waals surface area contributed by atoms with E-state index in [9.17, 15) is 4.79 Å². The van der Waals surface area contributed by atoms with Crippen LogP contribution in [0.15, 0.2) is 59.1 Å². The fraction of sp³-hybridized carbons (Fsp3) is 0.235. The number of halogens is 1. The molecule has 2 nitrogen and oxygen atoms in total. The predicted octanol–water partition coefficient (Wildman–Crippen LogP) is 4.58. The van der Waals surface area contributed by atoms with Gasteiger partial charge in [0.25, 0.3) is 5.91 Å². The van der Waals surface area contributed by atoms with E-state index < -0.39 is 0 Å². The Labute approximate surface area is 128 Å². The van der Waals surface area contributed by atoms with Crippen LogP contribution in [0, 0.1) is 5.92 Å². The highest BCUT2D eigenvalue weighted by atomic mass is 79.9. The number of hydrogen-bond donors (Lipinski definition) is 1. The van der Waals surface area contributed by atoms with Gasteiger partial charge in [-0.1, -0.05) is 56.3 Å². The topological polar surface area (TPSA) is 29.1 Å². The molecule has 2 aromatic rings. The van der Waals surface area contributed by atoms with E-state index in [2.05, 4.69) is 35.1 Å². The van der Waals surface area contributed by atoms with Crippen LogP contribution in [0.3, 0.4) is 0 Å². The molecule has 20 heavy (non-hydrogen) atoms. The lowest BCUT2D eigenvalue weighted by Gasteiger charge is -2.23. The monoisotopic (exact) mass is 331 g/mol. The van der Waals surface area contributed by atoms with Gasteiger partial charge in [-0.3, -0.25) is 4.79 Å². The van der Waals surface area contributed by atoms with Crippen LogP contribution >= 0.6 is 15.9 Å². The van der Waals surface area contributed by atoms with Gasteiger partial charge in [-0.2, -0.15) is 0 Å². The lowest BCUT2D eigenvalue weighted by molar-refractivity contribution is 0.0925. The smallest absolute Gasteiger partial charge is 0.252 e. The normalized spacial score (nSPS) is 12.2. The van der Waals surface area contributed by atoms with Gasteiger partial charge >= 0.3 is 0 Å². The maximum atomic E-state index is 12.4. The molecule has 0 aliphatic rings. The van der Waals surface area contributed by atoms with E-state index in [-0.39, 0.29) is 11.9 Å². The first-order chi connectivity index (χ1) is 9.59. The molecule has 0 saturated heterocycles. The summed E-state index contributed by atoms with van der Waals surface area (Å²) < 4.78 is 0.813. The van der Waals surface area contributed by atoms with E-state index in [4.69, 9.17) is 0 Å². The number of hydrogen-bond acceptors (Lipinski definition) is 1. The van der Waals surface area contributed by atoms with Crippen molar-refractivity contribution >= 4 is 21.8 Å². The molecular formula is C17H18BrNO. The molecule has 0 spiro atoms. The number of carbonyl (C=O) groups excluding carboxylic acids is 1. The maximum Gasteiger partial charge on any atom is 0.252 e. The Morgan fingerprint density at radius 3 is 2.20 bits per heavy atom. The van der Waals surface area contributed by atoms with Crippen LogP contribution in [0.25, 0.3) is 0 Å². The summed E-state index contributed by atoms with van der Waals surface area (Å²) in [5.41, 5.74) is 1.79. The van der Waals surface area contributed by atoms with Crippen molar-refractivity contribution in [1.29, 1.82) is 0 Å². The summed E-state index contributed by atoms with van der Waals surface area (Å²) >= 11 is 3.42. The quantitative estimate of drug-likeness (QED) is 0.873.